The van der Waals surface area contributed by atoms with E-state index in [0.29, 0.717) is 18.7 Å². The Bertz CT molecular complexity index is 1020. The molecule has 0 spiro atoms. The average Bonchev–Trinajstić information content (AvgIpc) is 3.29. The van der Waals surface area contributed by atoms with Gasteiger partial charge >= 0.3 is 0 Å². The Kier molecular flexibility index (Phi) is 6.34. The molecule has 1 amide bonds. The molecule has 7 heteroatoms. The van der Waals surface area contributed by atoms with Crippen LogP contribution in [0.15, 0.2) is 53.4 Å². The smallest absolute Gasteiger partial charge is 0.254 e. The molecule has 2 aliphatic rings. The lowest BCUT2D eigenvalue weighted by Gasteiger charge is -2.32. The number of hydrogen-bond acceptors (Lipinski definition) is 4. The molecule has 0 bridgehead atoms. The van der Waals surface area contributed by atoms with Crippen molar-refractivity contribution in [2.45, 2.75) is 56.0 Å². The third-order valence-electron chi connectivity index (χ3n) is 6.46. The van der Waals surface area contributed by atoms with E-state index in [4.69, 9.17) is 4.74 Å². The summed E-state index contributed by atoms with van der Waals surface area (Å²) >= 11 is 0. The summed E-state index contributed by atoms with van der Waals surface area (Å²) in [5, 5.41) is 0. The molecule has 4 rings (SSSR count). The Morgan fingerprint density at radius 2 is 1.65 bits per heavy atom. The molecule has 166 valence electrons. The maximum Gasteiger partial charge on any atom is 0.254 e. The first kappa shape index (κ1) is 21.8. The number of sulfonamides is 1. The fourth-order valence-electron chi connectivity index (χ4n) is 4.68. The zero-order chi connectivity index (χ0) is 22.0. The summed E-state index contributed by atoms with van der Waals surface area (Å²) in [6.07, 6.45) is 4.70. The van der Waals surface area contributed by atoms with Crippen molar-refractivity contribution in [2.24, 2.45) is 0 Å². The van der Waals surface area contributed by atoms with E-state index in [1.54, 1.807) is 35.7 Å². The molecule has 2 atom stereocenters. The van der Waals surface area contributed by atoms with Gasteiger partial charge in [-0.15, -0.1) is 0 Å². The van der Waals surface area contributed by atoms with E-state index in [0.717, 1.165) is 43.4 Å². The van der Waals surface area contributed by atoms with E-state index in [1.165, 1.54) is 0 Å². The summed E-state index contributed by atoms with van der Waals surface area (Å²) in [5.41, 5.74) is 1.61. The molecule has 2 aliphatic heterocycles. The molecule has 0 aliphatic carbocycles. The number of ether oxygens (including phenoxy) is 1. The van der Waals surface area contributed by atoms with Gasteiger partial charge < -0.3 is 9.64 Å². The number of likely N-dealkylation sites (tertiary alicyclic amines) is 1. The number of nitrogens with zero attached hydrogens (tertiary/aromatic N) is 2. The zero-order valence-electron chi connectivity index (χ0n) is 18.2. The molecule has 2 aromatic carbocycles. The highest BCUT2D eigenvalue weighted by atomic mass is 32.2. The molecule has 31 heavy (non-hydrogen) atoms. The molecule has 0 aromatic heterocycles. The highest BCUT2D eigenvalue weighted by molar-refractivity contribution is 7.89. The minimum atomic E-state index is -3.54. The first-order valence-electron chi connectivity index (χ1n) is 11.0. The lowest BCUT2D eigenvalue weighted by molar-refractivity contribution is 0.0735. The van der Waals surface area contributed by atoms with Gasteiger partial charge in [0.1, 0.15) is 5.75 Å². The second-order valence-corrected chi connectivity index (χ2v) is 10.3. The van der Waals surface area contributed by atoms with E-state index in [-0.39, 0.29) is 22.9 Å². The number of methoxy groups -OCH3 is 1. The monoisotopic (exact) mass is 442 g/mol. The molecule has 0 radical (unpaired) electrons. The normalized spacial score (nSPS) is 22.5. The third-order valence-corrected chi connectivity index (χ3v) is 8.49. The number of rotatable bonds is 5. The molecule has 6 nitrogen and oxygen atoms in total. The molecular formula is C24H30N2O4S. The summed E-state index contributed by atoms with van der Waals surface area (Å²) in [5.74, 6) is 0.730. The second kappa shape index (κ2) is 9.01. The van der Waals surface area contributed by atoms with Crippen molar-refractivity contribution in [3.8, 4) is 5.75 Å². The van der Waals surface area contributed by atoms with Crippen LogP contribution in [0.25, 0.3) is 0 Å². The van der Waals surface area contributed by atoms with Crippen LogP contribution in [0.1, 0.15) is 61.0 Å². The number of carbonyl (C=O) groups excluding carboxylic acids is 1. The summed E-state index contributed by atoms with van der Waals surface area (Å²) < 4.78 is 32.9. The van der Waals surface area contributed by atoms with Crippen LogP contribution < -0.4 is 4.74 Å². The summed E-state index contributed by atoms with van der Waals surface area (Å²) in [4.78, 5) is 15.4. The maximum absolute atomic E-state index is 13.2. The van der Waals surface area contributed by atoms with Gasteiger partial charge in [-0.25, -0.2) is 8.42 Å². The van der Waals surface area contributed by atoms with E-state index in [2.05, 4.69) is 0 Å². The molecule has 2 heterocycles. The minimum Gasteiger partial charge on any atom is -0.497 e. The minimum absolute atomic E-state index is 0.00918. The van der Waals surface area contributed by atoms with Crippen molar-refractivity contribution in [1.29, 1.82) is 0 Å². The number of amides is 1. The molecule has 0 N–H and O–H groups in total. The van der Waals surface area contributed by atoms with Crippen molar-refractivity contribution in [1.82, 2.24) is 9.21 Å². The topological polar surface area (TPSA) is 66.9 Å². The van der Waals surface area contributed by atoms with Crippen molar-refractivity contribution < 1.29 is 17.9 Å². The van der Waals surface area contributed by atoms with Gasteiger partial charge in [-0.05, 0) is 74.6 Å². The largest absolute Gasteiger partial charge is 0.497 e. The van der Waals surface area contributed by atoms with Gasteiger partial charge in [0.15, 0.2) is 0 Å². The fourth-order valence-corrected chi connectivity index (χ4v) is 6.38. The SMILES string of the molecule is COc1ccc([C@H]2CCCN2C(=O)c2ccc(S(=O)(=O)N3CCCC[C@@H]3C)cc2)cc1. The summed E-state index contributed by atoms with van der Waals surface area (Å²) in [6.45, 7) is 3.21. The Hall–Kier alpha value is -2.38. The summed E-state index contributed by atoms with van der Waals surface area (Å²) in [7, 11) is -1.90. The average molecular weight is 443 g/mol. The van der Waals surface area contributed by atoms with Crippen LogP contribution in [0, 0.1) is 0 Å². The second-order valence-electron chi connectivity index (χ2n) is 8.41. The zero-order valence-corrected chi connectivity index (χ0v) is 19.0. The first-order valence-corrected chi connectivity index (χ1v) is 12.4. The molecule has 2 saturated heterocycles. The molecular weight excluding hydrogens is 412 g/mol. The number of carbonyl (C=O) groups is 1. The summed E-state index contributed by atoms with van der Waals surface area (Å²) in [6, 6.07) is 14.3. The highest BCUT2D eigenvalue weighted by Gasteiger charge is 2.33. The fraction of sp³-hybridized carbons (Fsp3) is 0.458. The third kappa shape index (κ3) is 4.34. The van der Waals surface area contributed by atoms with Gasteiger partial charge in [0.05, 0.1) is 18.0 Å². The van der Waals surface area contributed by atoms with E-state index in [9.17, 15) is 13.2 Å². The lowest BCUT2D eigenvalue weighted by atomic mass is 10.0. The van der Waals surface area contributed by atoms with Crippen LogP contribution in [0.2, 0.25) is 0 Å². The van der Waals surface area contributed by atoms with Gasteiger partial charge in [-0.2, -0.15) is 4.31 Å². The molecule has 0 saturated carbocycles. The van der Waals surface area contributed by atoms with E-state index < -0.39 is 10.0 Å². The van der Waals surface area contributed by atoms with Crippen LogP contribution in [-0.4, -0.2) is 49.8 Å². The molecule has 2 aromatic rings. The van der Waals surface area contributed by atoms with Crippen LogP contribution in [0.5, 0.6) is 5.75 Å². The Labute approximate surface area is 184 Å². The predicted molar refractivity (Wildman–Crippen MR) is 120 cm³/mol. The maximum atomic E-state index is 13.2. The predicted octanol–water partition coefficient (Wildman–Crippen LogP) is 4.24. The molecule has 2 fully saturated rings. The Morgan fingerprint density at radius 1 is 0.935 bits per heavy atom. The van der Waals surface area contributed by atoms with Gasteiger partial charge in [0.2, 0.25) is 10.0 Å². The van der Waals surface area contributed by atoms with Crippen molar-refractivity contribution in [3.63, 3.8) is 0 Å². The van der Waals surface area contributed by atoms with Crippen molar-refractivity contribution in [3.05, 3.63) is 59.7 Å². The van der Waals surface area contributed by atoms with Gasteiger partial charge in [0, 0.05) is 24.7 Å². The molecule has 0 unspecified atom stereocenters. The van der Waals surface area contributed by atoms with Crippen LogP contribution in [0.3, 0.4) is 0 Å². The highest BCUT2D eigenvalue weighted by Crippen LogP contribution is 2.34. The standard InChI is InChI=1S/C24H30N2O4S/c1-18-6-3-4-17-26(18)31(28,29)22-14-10-20(11-15-22)24(27)25-16-5-7-23(25)19-8-12-21(30-2)13-9-19/h8-15,18,23H,3-7,16-17H2,1-2H3/t18-,23+/m0/s1. The quantitative estimate of drug-likeness (QED) is 0.695. The van der Waals surface area contributed by atoms with Crippen molar-refractivity contribution in [2.75, 3.05) is 20.2 Å². The number of piperidine rings is 1. The van der Waals surface area contributed by atoms with Gasteiger partial charge in [0.25, 0.3) is 5.91 Å². The van der Waals surface area contributed by atoms with E-state index in [1.807, 2.05) is 36.1 Å². The Morgan fingerprint density at radius 3 is 2.29 bits per heavy atom. The number of hydrogen-bond donors (Lipinski definition) is 0. The lowest BCUT2D eigenvalue weighted by Crippen LogP contribution is -2.41. The van der Waals surface area contributed by atoms with Gasteiger partial charge in [-0.3, -0.25) is 4.79 Å². The van der Waals surface area contributed by atoms with Crippen LogP contribution >= 0.6 is 0 Å². The van der Waals surface area contributed by atoms with E-state index >= 15 is 0 Å². The number of benzene rings is 2. The van der Waals surface area contributed by atoms with Crippen molar-refractivity contribution >= 4 is 15.9 Å². The van der Waals surface area contributed by atoms with Crippen LogP contribution in [-0.2, 0) is 10.0 Å². The van der Waals surface area contributed by atoms with Crippen LogP contribution in [0.4, 0.5) is 0 Å². The first-order chi connectivity index (χ1) is 14.9. The Balaban J connectivity index is 1.52. The van der Waals surface area contributed by atoms with Gasteiger partial charge in [-0.1, -0.05) is 18.6 Å².